The Morgan fingerprint density at radius 1 is 0.962 bits per heavy atom. The van der Waals surface area contributed by atoms with Gasteiger partial charge in [0.15, 0.2) is 0 Å². The second-order valence-electron chi connectivity index (χ2n) is 18.0. The van der Waals surface area contributed by atoms with Crippen molar-refractivity contribution in [3.8, 4) is 0 Å². The summed E-state index contributed by atoms with van der Waals surface area (Å²) in [5.74, 6) is 2.13. The van der Waals surface area contributed by atoms with E-state index in [1.54, 1.807) is 22.3 Å². The third-order valence-corrected chi connectivity index (χ3v) is 22.8. The van der Waals surface area contributed by atoms with Crippen molar-refractivity contribution < 1.29 is 0 Å². The first-order valence-corrected chi connectivity index (χ1v) is 26.3. The van der Waals surface area contributed by atoms with Gasteiger partial charge in [0, 0.05) is 4.43 Å². The van der Waals surface area contributed by atoms with Gasteiger partial charge >= 0.3 is 284 Å². The van der Waals surface area contributed by atoms with Crippen LogP contribution in [0.25, 0.3) is 11.1 Å². The van der Waals surface area contributed by atoms with Crippen LogP contribution < -0.4 is 0 Å². The first-order valence-electron chi connectivity index (χ1n) is 20.5. The Hall–Kier alpha value is -1.44. The van der Waals surface area contributed by atoms with Crippen molar-refractivity contribution in [2.45, 2.75) is 108 Å². The zero-order valence-corrected chi connectivity index (χ0v) is 37.4. The monoisotopic (exact) mass is 921 g/mol. The molecule has 2 fully saturated rings. The van der Waals surface area contributed by atoms with Gasteiger partial charge in [0.2, 0.25) is 0 Å². The molecule has 2 aromatic carbocycles. The second-order valence-corrected chi connectivity index (χ2v) is 25.4. The molecule has 1 saturated heterocycles. The Bertz CT molecular complexity index is 1720. The van der Waals surface area contributed by atoms with Crippen LogP contribution in [0.4, 0.5) is 0 Å². The van der Waals surface area contributed by atoms with Crippen LogP contribution in [-0.2, 0) is 5.41 Å². The molecule has 2 heterocycles. The summed E-state index contributed by atoms with van der Waals surface area (Å²) in [5, 5.41) is 0. The summed E-state index contributed by atoms with van der Waals surface area (Å²) >= 11 is 1.22. The van der Waals surface area contributed by atoms with Crippen molar-refractivity contribution in [3.63, 3.8) is 0 Å². The van der Waals surface area contributed by atoms with Gasteiger partial charge < -0.3 is 0 Å². The molecular weight excluding hydrogens is 856 g/mol. The second kappa shape index (κ2) is 15.6. The van der Waals surface area contributed by atoms with E-state index in [9.17, 15) is 0 Å². The minimum Gasteiger partial charge on any atom is -0.0541 e. The summed E-state index contributed by atoms with van der Waals surface area (Å²) < 4.78 is 4.85. The normalized spacial score (nSPS) is 28.7. The zero-order valence-electron chi connectivity index (χ0n) is 33.1. The van der Waals surface area contributed by atoms with Gasteiger partial charge in [-0.2, -0.15) is 0 Å². The number of benzene rings is 2. The number of halogens is 2. The molecule has 0 bridgehead atoms. The van der Waals surface area contributed by atoms with Gasteiger partial charge in [0.05, 0.1) is 0 Å². The third-order valence-electron chi connectivity index (χ3n) is 14.2. The van der Waals surface area contributed by atoms with Gasteiger partial charge in [-0.05, 0) is 11.1 Å². The predicted octanol–water partition coefficient (Wildman–Crippen LogP) is 13.5. The summed E-state index contributed by atoms with van der Waals surface area (Å²) in [6.45, 7) is 27.1. The van der Waals surface area contributed by atoms with E-state index < -0.39 is 19.8 Å². The van der Waals surface area contributed by atoms with Gasteiger partial charge in [-0.1, -0.05) is 41.3 Å². The van der Waals surface area contributed by atoms with Gasteiger partial charge in [-0.15, -0.1) is 0 Å². The topological polar surface area (TPSA) is 3.24 Å². The molecule has 2 aliphatic heterocycles. The van der Waals surface area contributed by atoms with E-state index >= 15 is 0 Å². The smallest absolute Gasteiger partial charge is 0.0541 e. The van der Waals surface area contributed by atoms with E-state index in [2.05, 4.69) is 148 Å². The maximum atomic E-state index is 5.15. The van der Waals surface area contributed by atoms with Crippen molar-refractivity contribution in [3.05, 3.63) is 119 Å². The fourth-order valence-corrected chi connectivity index (χ4v) is 20.7. The SMILES string of the molecule is C=C(CI)c1ccc(C2=CC[C@]3(C)C[C@H](C(=C)C4(c5ccccc5)CCI([C@@H](CC)C(C(C)C)N5CCC=C6C[C@H]6C5)CC4)CC=C3C2(C)C)cc1. The Labute approximate surface area is 338 Å². The van der Waals surface area contributed by atoms with Crippen molar-refractivity contribution in [2.24, 2.45) is 28.6 Å². The average molecular weight is 922 g/mol. The van der Waals surface area contributed by atoms with Crippen molar-refractivity contribution in [1.29, 1.82) is 0 Å². The molecule has 5 aliphatic rings. The number of nitrogens with zero attached hydrogens (tertiary/aromatic N) is 1. The van der Waals surface area contributed by atoms with Crippen LogP contribution in [0.3, 0.4) is 0 Å². The zero-order chi connectivity index (χ0) is 36.8. The van der Waals surface area contributed by atoms with E-state index in [0.717, 1.165) is 39.1 Å². The molecule has 1 unspecified atom stereocenters. The predicted molar refractivity (Wildman–Crippen MR) is 245 cm³/mol. The number of alkyl halides is 4. The molecular formula is C49H65I2N. The molecule has 0 amide bonds. The molecule has 2 aromatic rings. The fourth-order valence-electron chi connectivity index (χ4n) is 11.3. The van der Waals surface area contributed by atoms with Gasteiger partial charge in [0.25, 0.3) is 0 Å². The van der Waals surface area contributed by atoms with Crippen LogP contribution in [0.1, 0.15) is 110 Å². The first kappa shape index (κ1) is 38.8. The Morgan fingerprint density at radius 2 is 1.67 bits per heavy atom. The summed E-state index contributed by atoms with van der Waals surface area (Å²) in [6.07, 6.45) is 18.0. The molecule has 52 heavy (non-hydrogen) atoms. The van der Waals surface area contributed by atoms with Crippen LogP contribution >= 0.6 is 42.4 Å². The number of rotatable bonds is 11. The number of fused-ring (bicyclic) bond motifs is 2. The van der Waals surface area contributed by atoms with Crippen molar-refractivity contribution >= 4 is 53.6 Å². The van der Waals surface area contributed by atoms with Crippen LogP contribution in [0.5, 0.6) is 0 Å². The van der Waals surface area contributed by atoms with Gasteiger partial charge in [-0.25, -0.2) is 0 Å². The number of allylic oxidation sites excluding steroid dienone is 6. The summed E-state index contributed by atoms with van der Waals surface area (Å²) in [6, 6.07) is 21.7. The van der Waals surface area contributed by atoms with E-state index in [-0.39, 0.29) is 16.2 Å². The van der Waals surface area contributed by atoms with E-state index in [4.69, 9.17) is 6.58 Å². The molecule has 280 valence electrons. The molecule has 0 N–H and O–H groups in total. The Morgan fingerprint density at radius 3 is 2.33 bits per heavy atom. The maximum absolute atomic E-state index is 5.15. The molecule has 7 rings (SSSR count). The Kier molecular flexibility index (Phi) is 11.6. The third kappa shape index (κ3) is 7.31. The summed E-state index contributed by atoms with van der Waals surface area (Å²) in [4.78, 5) is 2.98. The molecule has 3 heteroatoms. The van der Waals surface area contributed by atoms with E-state index in [1.807, 2.05) is 0 Å². The number of hydrogen-bond acceptors (Lipinski definition) is 1. The number of hydrogen-bond donors (Lipinski definition) is 0. The molecule has 5 atom stereocenters. The van der Waals surface area contributed by atoms with E-state index in [1.165, 1.54) is 82.7 Å². The van der Waals surface area contributed by atoms with Crippen molar-refractivity contribution in [2.75, 3.05) is 26.4 Å². The minimum atomic E-state index is -1.19. The van der Waals surface area contributed by atoms with Crippen LogP contribution in [0.2, 0.25) is 0 Å². The fraction of sp³-hybridized carbons (Fsp3) is 0.551. The van der Waals surface area contributed by atoms with Crippen LogP contribution in [0.15, 0.2) is 103 Å². The molecule has 1 nitrogen and oxygen atoms in total. The molecule has 0 radical (unpaired) electrons. The molecule has 0 aromatic heterocycles. The molecule has 3 aliphatic carbocycles. The summed E-state index contributed by atoms with van der Waals surface area (Å²) in [7, 11) is 0. The van der Waals surface area contributed by atoms with E-state index in [0.29, 0.717) is 5.92 Å². The molecule has 1 saturated carbocycles. The van der Waals surface area contributed by atoms with Crippen LogP contribution in [0, 0.1) is 28.6 Å². The minimum absolute atomic E-state index is 0.00914. The molecule has 0 spiro atoms. The Balaban J connectivity index is 1.11. The van der Waals surface area contributed by atoms with Gasteiger partial charge in [0.1, 0.15) is 0 Å². The standard InChI is InChI=1S/C49H65I2N/c1-9-44(46(34(2)3)52-29-13-14-39-30-41(39)33-52)51-27-25-49(26-28-51,42-15-11-10-12-16-42)36(5)40-21-22-45-47(6,7)43(23-24-48(45,8)31-40)38-19-17-37(18-20-38)35(4)32-50/h10-12,14-20,22-23,34,40-41,44,46H,4-5,9,13,21,24-33H2,1-3,6-8H3/t40-,41+,44+,46?,48-/m1/s1. The van der Waals surface area contributed by atoms with Gasteiger partial charge in [-0.3, -0.25) is 0 Å². The van der Waals surface area contributed by atoms with Crippen LogP contribution in [-0.4, -0.2) is 41.2 Å². The summed E-state index contributed by atoms with van der Waals surface area (Å²) in [5.41, 5.74) is 12.1. The quantitative estimate of drug-likeness (QED) is 0.123. The average Bonchev–Trinajstić information content (AvgIpc) is 3.92. The van der Waals surface area contributed by atoms with Crippen molar-refractivity contribution in [1.82, 2.24) is 4.90 Å². The first-order chi connectivity index (χ1) is 24.9.